The lowest BCUT2D eigenvalue weighted by atomic mass is 9.62. The molecule has 1 aromatic carbocycles. The van der Waals surface area contributed by atoms with Crippen molar-refractivity contribution in [1.29, 1.82) is 0 Å². The van der Waals surface area contributed by atoms with Crippen molar-refractivity contribution >= 4 is 23.3 Å². The van der Waals surface area contributed by atoms with Gasteiger partial charge in [0.2, 0.25) is 5.91 Å². The Morgan fingerprint density at radius 3 is 2.90 bits per heavy atom. The van der Waals surface area contributed by atoms with E-state index in [1.54, 1.807) is 6.92 Å². The summed E-state index contributed by atoms with van der Waals surface area (Å²) in [4.78, 5) is 36.7. The highest BCUT2D eigenvalue weighted by atomic mass is 16.5. The molecule has 0 unspecified atom stereocenters. The van der Waals surface area contributed by atoms with E-state index in [0.717, 1.165) is 11.3 Å². The van der Waals surface area contributed by atoms with Gasteiger partial charge in [-0.15, -0.1) is 0 Å². The van der Waals surface area contributed by atoms with Crippen LogP contribution in [0.1, 0.15) is 31.7 Å². The van der Waals surface area contributed by atoms with Crippen molar-refractivity contribution in [3.8, 4) is 0 Å². The predicted octanol–water partition coefficient (Wildman–Crippen LogP) is 1.81. The summed E-state index contributed by atoms with van der Waals surface area (Å²) in [6, 6.07) is 7.36. The van der Waals surface area contributed by atoms with Crippen molar-refractivity contribution in [2.75, 3.05) is 11.9 Å². The van der Waals surface area contributed by atoms with Gasteiger partial charge in [0.25, 0.3) is 0 Å². The summed E-state index contributed by atoms with van der Waals surface area (Å²) in [6.07, 6.45) is 0.746. The molecular formula is C16H17NO4. The molecule has 1 fully saturated rings. The number of ether oxygens (including phenoxy) is 1. The fourth-order valence-corrected chi connectivity index (χ4v) is 3.47. The molecule has 1 saturated carbocycles. The molecule has 0 saturated heterocycles. The molecule has 5 heteroatoms. The van der Waals surface area contributed by atoms with E-state index in [2.05, 4.69) is 5.32 Å². The molecule has 1 N–H and O–H groups in total. The number of carbonyl (C=O) groups is 3. The second-order valence-electron chi connectivity index (χ2n) is 5.52. The third kappa shape index (κ3) is 1.95. The molecule has 110 valence electrons. The van der Waals surface area contributed by atoms with E-state index in [0.29, 0.717) is 12.8 Å². The molecule has 3 rings (SSSR count). The lowest BCUT2D eigenvalue weighted by molar-refractivity contribution is -0.156. The minimum Gasteiger partial charge on any atom is -0.466 e. The van der Waals surface area contributed by atoms with Gasteiger partial charge in [0, 0.05) is 18.5 Å². The highest BCUT2D eigenvalue weighted by Crippen LogP contribution is 2.50. The van der Waals surface area contributed by atoms with Gasteiger partial charge in [-0.05, 0) is 25.0 Å². The van der Waals surface area contributed by atoms with Gasteiger partial charge in [-0.2, -0.15) is 0 Å². The topological polar surface area (TPSA) is 72.5 Å². The summed E-state index contributed by atoms with van der Waals surface area (Å²) in [5.41, 5.74) is 0.572. The maximum atomic E-state index is 12.6. The number of anilines is 1. The maximum absolute atomic E-state index is 12.6. The molecule has 0 radical (unpaired) electrons. The second-order valence-corrected chi connectivity index (χ2v) is 5.52. The molecule has 1 spiro atoms. The van der Waals surface area contributed by atoms with Crippen molar-refractivity contribution in [2.24, 2.45) is 5.92 Å². The SMILES string of the molecule is CCOC(=O)[C@@H]1CC(=O)CC[C@]12C(=O)Nc1ccccc12. The molecule has 2 aliphatic rings. The molecule has 1 amide bonds. The van der Waals surface area contributed by atoms with Gasteiger partial charge < -0.3 is 10.1 Å². The Morgan fingerprint density at radius 1 is 1.38 bits per heavy atom. The van der Waals surface area contributed by atoms with E-state index in [1.807, 2.05) is 24.3 Å². The maximum Gasteiger partial charge on any atom is 0.310 e. The smallest absolute Gasteiger partial charge is 0.310 e. The normalized spacial score (nSPS) is 27.4. The number of amides is 1. The highest BCUT2D eigenvalue weighted by Gasteiger charge is 2.57. The number of nitrogens with one attached hydrogen (secondary N) is 1. The number of hydrogen-bond donors (Lipinski definition) is 1. The van der Waals surface area contributed by atoms with Crippen LogP contribution in [0.2, 0.25) is 0 Å². The third-order valence-electron chi connectivity index (χ3n) is 4.46. The van der Waals surface area contributed by atoms with Crippen molar-refractivity contribution in [3.05, 3.63) is 29.8 Å². The Bertz CT molecular complexity index is 624. The number of carbonyl (C=O) groups excluding carboxylic acids is 3. The first-order valence-corrected chi connectivity index (χ1v) is 7.19. The van der Waals surface area contributed by atoms with E-state index in [-0.39, 0.29) is 24.7 Å². The van der Waals surface area contributed by atoms with Crippen molar-refractivity contribution in [1.82, 2.24) is 0 Å². The highest BCUT2D eigenvalue weighted by molar-refractivity contribution is 6.10. The number of esters is 1. The molecular weight excluding hydrogens is 270 g/mol. The molecule has 1 aliphatic heterocycles. The first kappa shape index (κ1) is 13.8. The minimum atomic E-state index is -0.962. The largest absolute Gasteiger partial charge is 0.466 e. The number of ketones is 1. The number of hydrogen-bond acceptors (Lipinski definition) is 4. The fraction of sp³-hybridized carbons (Fsp3) is 0.438. The molecule has 1 heterocycles. The minimum absolute atomic E-state index is 0.0101. The van der Waals surface area contributed by atoms with Gasteiger partial charge in [0.15, 0.2) is 0 Å². The van der Waals surface area contributed by atoms with Gasteiger partial charge in [-0.25, -0.2) is 0 Å². The van der Waals surface area contributed by atoms with Crippen LogP contribution in [0.3, 0.4) is 0 Å². The van der Waals surface area contributed by atoms with E-state index in [9.17, 15) is 14.4 Å². The van der Waals surface area contributed by atoms with Crippen LogP contribution >= 0.6 is 0 Å². The Kier molecular flexibility index (Phi) is 3.27. The summed E-state index contributed by atoms with van der Waals surface area (Å²) in [5.74, 6) is -1.38. The lowest BCUT2D eigenvalue weighted by Gasteiger charge is -2.37. The van der Waals surface area contributed by atoms with Crippen LogP contribution in [0.4, 0.5) is 5.69 Å². The van der Waals surface area contributed by atoms with E-state index < -0.39 is 17.3 Å². The Labute approximate surface area is 122 Å². The number of para-hydroxylation sites is 1. The van der Waals surface area contributed by atoms with E-state index in [1.165, 1.54) is 0 Å². The summed E-state index contributed by atoms with van der Waals surface area (Å²) in [6.45, 7) is 1.96. The molecule has 1 aliphatic carbocycles. The van der Waals surface area contributed by atoms with E-state index >= 15 is 0 Å². The zero-order valence-corrected chi connectivity index (χ0v) is 11.8. The Morgan fingerprint density at radius 2 is 2.14 bits per heavy atom. The molecule has 21 heavy (non-hydrogen) atoms. The molecule has 5 nitrogen and oxygen atoms in total. The van der Waals surface area contributed by atoms with E-state index in [4.69, 9.17) is 4.74 Å². The van der Waals surface area contributed by atoms with Gasteiger partial charge in [-0.1, -0.05) is 18.2 Å². The van der Waals surface area contributed by atoms with Crippen LogP contribution in [0.5, 0.6) is 0 Å². The fourth-order valence-electron chi connectivity index (χ4n) is 3.47. The zero-order valence-electron chi connectivity index (χ0n) is 11.8. The van der Waals surface area contributed by atoms with Crippen LogP contribution in [0.15, 0.2) is 24.3 Å². The molecule has 0 bridgehead atoms. The first-order valence-electron chi connectivity index (χ1n) is 7.19. The summed E-state index contributed by atoms with van der Waals surface area (Å²) < 4.78 is 5.11. The monoisotopic (exact) mass is 287 g/mol. The zero-order chi connectivity index (χ0) is 15.0. The van der Waals surface area contributed by atoms with Gasteiger partial charge in [-0.3, -0.25) is 14.4 Å². The number of benzene rings is 1. The molecule has 2 atom stereocenters. The quantitative estimate of drug-likeness (QED) is 0.842. The third-order valence-corrected chi connectivity index (χ3v) is 4.46. The first-order chi connectivity index (χ1) is 10.1. The number of rotatable bonds is 2. The second kappa shape index (κ2) is 4.98. The summed E-state index contributed by atoms with van der Waals surface area (Å²) in [7, 11) is 0. The number of fused-ring (bicyclic) bond motifs is 2. The van der Waals surface area contributed by atoms with Crippen molar-refractivity contribution < 1.29 is 19.1 Å². The molecule has 1 aromatic rings. The van der Waals surface area contributed by atoms with Crippen LogP contribution in [-0.4, -0.2) is 24.3 Å². The van der Waals surface area contributed by atoms with Crippen molar-refractivity contribution in [2.45, 2.75) is 31.6 Å². The molecule has 0 aromatic heterocycles. The van der Waals surface area contributed by atoms with Crippen molar-refractivity contribution in [3.63, 3.8) is 0 Å². The van der Waals surface area contributed by atoms with Gasteiger partial charge in [0.1, 0.15) is 5.78 Å². The van der Waals surface area contributed by atoms with Crippen LogP contribution in [0.25, 0.3) is 0 Å². The Balaban J connectivity index is 2.10. The summed E-state index contributed by atoms with van der Waals surface area (Å²) in [5, 5.41) is 2.84. The average Bonchev–Trinajstić information content (AvgIpc) is 2.75. The van der Waals surface area contributed by atoms with Crippen LogP contribution in [0, 0.1) is 5.92 Å². The van der Waals surface area contributed by atoms with Crippen LogP contribution < -0.4 is 5.32 Å². The lowest BCUT2D eigenvalue weighted by Crippen LogP contribution is -2.49. The van der Waals surface area contributed by atoms with Gasteiger partial charge in [0.05, 0.1) is 17.9 Å². The predicted molar refractivity (Wildman–Crippen MR) is 75.7 cm³/mol. The number of Topliss-reactive ketones (excluding diaryl/α,β-unsaturated/α-hetero) is 1. The van der Waals surface area contributed by atoms with Gasteiger partial charge >= 0.3 is 5.97 Å². The van der Waals surface area contributed by atoms with Crippen LogP contribution in [-0.2, 0) is 24.5 Å². The average molecular weight is 287 g/mol. The summed E-state index contributed by atoms with van der Waals surface area (Å²) >= 11 is 0. The Hall–Kier alpha value is -2.17. The standard InChI is InChI=1S/C16H17NO4/c1-2-21-14(19)12-9-10(18)7-8-16(12)11-5-3-4-6-13(11)17-15(16)20/h3-6,12H,2,7-9H2,1H3,(H,17,20)/t12-,16+/m0/s1.